The molecule has 2 bridgehead atoms. The topological polar surface area (TPSA) is 84.7 Å². The van der Waals surface area contributed by atoms with Crippen LogP contribution in [0.3, 0.4) is 0 Å². The number of fused-ring (bicyclic) bond motifs is 4. The lowest BCUT2D eigenvalue weighted by molar-refractivity contribution is -0.137. The zero-order valence-corrected chi connectivity index (χ0v) is 24.0. The van der Waals surface area contributed by atoms with Crippen molar-refractivity contribution in [3.05, 3.63) is 46.2 Å². The molecule has 4 aliphatic heterocycles. The molecule has 0 amide bonds. The minimum atomic E-state index is -4.97. The predicted molar refractivity (Wildman–Crippen MR) is 154 cm³/mol. The van der Waals surface area contributed by atoms with Crippen molar-refractivity contribution in [3.8, 4) is 28.8 Å². The van der Waals surface area contributed by atoms with Crippen molar-refractivity contribution in [2.24, 2.45) is 0 Å². The zero-order chi connectivity index (χ0) is 30.1. The maximum atomic E-state index is 16.7. The van der Waals surface area contributed by atoms with Crippen LogP contribution in [0.2, 0.25) is 5.02 Å². The van der Waals surface area contributed by atoms with E-state index in [-0.39, 0.29) is 34.5 Å². The van der Waals surface area contributed by atoms with Gasteiger partial charge in [-0.25, -0.2) is 4.39 Å². The molecule has 2 atom stereocenters. The van der Waals surface area contributed by atoms with Crippen molar-refractivity contribution >= 4 is 28.2 Å². The van der Waals surface area contributed by atoms with E-state index in [1.165, 1.54) is 12.1 Å². The lowest BCUT2D eigenvalue weighted by atomic mass is 9.91. The van der Waals surface area contributed by atoms with Crippen molar-refractivity contribution < 1.29 is 27.4 Å². The van der Waals surface area contributed by atoms with E-state index in [1.54, 1.807) is 0 Å². The van der Waals surface area contributed by atoms with Gasteiger partial charge in [0.2, 0.25) is 5.88 Å². The molecule has 0 radical (unpaired) electrons. The van der Waals surface area contributed by atoms with E-state index in [0.29, 0.717) is 30.9 Å². The number of nitrogens with one attached hydrogen (secondary N) is 1. The third kappa shape index (κ3) is 4.84. The molecule has 4 aliphatic rings. The lowest BCUT2D eigenvalue weighted by Crippen LogP contribution is -2.51. The standard InChI is InChI=1S/C31H30ClF4N5O2/c32-24-11-20(42)10-23(27(24)31(34,35)36)26-17(13-37)9-22-21(28(26)33)12-25(43-16-30-5-1-7-41(30)8-2-6-30)39-29(22)40-14-18-3-4-19(15-40)38-18/h9-12,18-19,38,42H,1-8,14-16H2. The average molecular weight is 616 g/mol. The maximum Gasteiger partial charge on any atom is 0.418 e. The zero-order valence-electron chi connectivity index (χ0n) is 23.3. The number of aromatic nitrogens is 1. The lowest BCUT2D eigenvalue weighted by Gasteiger charge is -2.35. The van der Waals surface area contributed by atoms with Crippen molar-refractivity contribution in [2.45, 2.75) is 62.3 Å². The van der Waals surface area contributed by atoms with Crippen LogP contribution in [-0.4, -0.2) is 65.4 Å². The molecule has 0 spiro atoms. The third-order valence-corrected chi connectivity index (χ3v) is 9.89. The van der Waals surface area contributed by atoms with Crippen LogP contribution in [0.25, 0.3) is 21.9 Å². The van der Waals surface area contributed by atoms with E-state index in [0.717, 1.165) is 63.7 Å². The number of rotatable bonds is 5. The molecule has 7 rings (SSSR count). The number of alkyl halides is 3. The third-order valence-electron chi connectivity index (χ3n) is 9.59. The average Bonchev–Trinajstić information content (AvgIpc) is 3.63. The van der Waals surface area contributed by atoms with E-state index in [9.17, 15) is 23.5 Å². The SMILES string of the molecule is N#Cc1cc2c(N3CC4CCC(C3)N4)nc(OCC34CCCN3CCC4)cc2c(F)c1-c1cc(O)cc(Cl)c1C(F)(F)F. The fraction of sp³-hybridized carbons (Fsp3) is 0.484. The first-order valence-electron chi connectivity index (χ1n) is 14.6. The highest BCUT2D eigenvalue weighted by molar-refractivity contribution is 6.32. The second-order valence-electron chi connectivity index (χ2n) is 12.2. The Hall–Kier alpha value is -3.33. The van der Waals surface area contributed by atoms with Crippen molar-refractivity contribution in [2.75, 3.05) is 37.7 Å². The molecule has 2 aromatic carbocycles. The number of aromatic hydroxyl groups is 1. The van der Waals surface area contributed by atoms with Crippen LogP contribution in [-0.2, 0) is 6.18 Å². The smallest absolute Gasteiger partial charge is 0.418 e. The van der Waals surface area contributed by atoms with E-state index in [4.69, 9.17) is 21.3 Å². The predicted octanol–water partition coefficient (Wildman–Crippen LogP) is 6.24. The number of phenolic OH excluding ortho intramolecular Hbond substituents is 1. The number of nitrogens with zero attached hydrogens (tertiary/aromatic N) is 4. The van der Waals surface area contributed by atoms with Crippen molar-refractivity contribution in [1.29, 1.82) is 5.26 Å². The normalized spacial score (nSPS) is 23.1. The highest BCUT2D eigenvalue weighted by Crippen LogP contribution is 2.47. The Morgan fingerprint density at radius 3 is 2.44 bits per heavy atom. The van der Waals surface area contributed by atoms with Gasteiger partial charge in [0.05, 0.1) is 27.8 Å². The van der Waals surface area contributed by atoms with Gasteiger partial charge in [-0.05, 0) is 69.8 Å². The molecule has 3 aromatic rings. The summed E-state index contributed by atoms with van der Waals surface area (Å²) in [6.45, 7) is 3.62. The summed E-state index contributed by atoms with van der Waals surface area (Å²) in [5.74, 6) is -0.996. The number of phenols is 1. The van der Waals surface area contributed by atoms with Crippen LogP contribution >= 0.6 is 11.6 Å². The number of benzene rings is 2. The van der Waals surface area contributed by atoms with Crippen LogP contribution in [0, 0.1) is 17.1 Å². The van der Waals surface area contributed by atoms with Crippen molar-refractivity contribution in [1.82, 2.24) is 15.2 Å². The number of hydrogen-bond donors (Lipinski definition) is 2. The summed E-state index contributed by atoms with van der Waals surface area (Å²) >= 11 is 5.94. The van der Waals surface area contributed by atoms with E-state index < -0.39 is 39.5 Å². The highest BCUT2D eigenvalue weighted by atomic mass is 35.5. The Bertz CT molecular complexity index is 1640. The summed E-state index contributed by atoms with van der Waals surface area (Å²) in [6.07, 6.45) is 1.16. The van der Waals surface area contributed by atoms with Crippen LogP contribution in [0.1, 0.15) is 49.7 Å². The summed E-state index contributed by atoms with van der Waals surface area (Å²) in [5.41, 5.74) is -3.04. The molecule has 2 unspecified atom stereocenters. The molecule has 7 nitrogen and oxygen atoms in total. The number of anilines is 1. The van der Waals surface area contributed by atoms with Gasteiger partial charge >= 0.3 is 6.18 Å². The fourth-order valence-electron chi connectivity index (χ4n) is 7.70. The van der Waals surface area contributed by atoms with Gasteiger partial charge < -0.3 is 20.1 Å². The second kappa shape index (κ2) is 10.4. The molecule has 5 heterocycles. The number of hydrogen-bond acceptors (Lipinski definition) is 7. The number of nitriles is 1. The Kier molecular flexibility index (Phi) is 6.87. The molecule has 0 aliphatic carbocycles. The minimum absolute atomic E-state index is 0.0142. The molecule has 1 aromatic heterocycles. The summed E-state index contributed by atoms with van der Waals surface area (Å²) < 4.78 is 65.6. The first-order valence-corrected chi connectivity index (χ1v) is 15.0. The Balaban J connectivity index is 1.41. The number of pyridine rings is 1. The first kappa shape index (κ1) is 28.4. The van der Waals surface area contributed by atoms with Gasteiger partial charge in [-0.2, -0.15) is 23.4 Å². The summed E-state index contributed by atoms with van der Waals surface area (Å²) in [6, 6.07) is 6.68. The Labute approximate surface area is 251 Å². The molecule has 12 heteroatoms. The van der Waals surface area contributed by atoms with E-state index in [2.05, 4.69) is 15.1 Å². The summed E-state index contributed by atoms with van der Waals surface area (Å²) in [5, 5.41) is 23.3. The van der Waals surface area contributed by atoms with Crippen LogP contribution < -0.4 is 15.0 Å². The molecule has 4 fully saturated rings. The van der Waals surface area contributed by atoms with Gasteiger partial charge in [-0.1, -0.05) is 11.6 Å². The number of halogens is 5. The molecule has 226 valence electrons. The molecule has 43 heavy (non-hydrogen) atoms. The fourth-order valence-corrected chi connectivity index (χ4v) is 8.02. The van der Waals surface area contributed by atoms with Gasteiger partial charge in [-0.15, -0.1) is 0 Å². The van der Waals surface area contributed by atoms with Gasteiger partial charge in [0.25, 0.3) is 0 Å². The van der Waals surface area contributed by atoms with E-state index >= 15 is 4.39 Å². The Morgan fingerprint density at radius 2 is 1.79 bits per heavy atom. The maximum absolute atomic E-state index is 16.7. The molecule has 4 saturated heterocycles. The van der Waals surface area contributed by atoms with Crippen LogP contribution in [0.4, 0.5) is 23.4 Å². The molecular weight excluding hydrogens is 586 g/mol. The molecular formula is C31H30ClF4N5O2. The van der Waals surface area contributed by atoms with Gasteiger partial charge in [0.1, 0.15) is 24.0 Å². The summed E-state index contributed by atoms with van der Waals surface area (Å²) in [7, 11) is 0. The highest BCUT2D eigenvalue weighted by Gasteiger charge is 2.45. The number of piperazine rings is 1. The van der Waals surface area contributed by atoms with Gasteiger partial charge in [-0.3, -0.25) is 4.90 Å². The van der Waals surface area contributed by atoms with Crippen LogP contribution in [0.15, 0.2) is 24.3 Å². The monoisotopic (exact) mass is 615 g/mol. The molecule has 2 N–H and O–H groups in total. The second-order valence-corrected chi connectivity index (χ2v) is 12.6. The number of ether oxygens (including phenoxy) is 1. The quantitative estimate of drug-likeness (QED) is 0.329. The molecule has 0 saturated carbocycles. The Morgan fingerprint density at radius 1 is 1.09 bits per heavy atom. The van der Waals surface area contributed by atoms with Crippen LogP contribution in [0.5, 0.6) is 11.6 Å². The minimum Gasteiger partial charge on any atom is -0.508 e. The first-order chi connectivity index (χ1) is 20.6. The largest absolute Gasteiger partial charge is 0.508 e. The van der Waals surface area contributed by atoms with Gasteiger partial charge in [0.15, 0.2) is 0 Å². The summed E-state index contributed by atoms with van der Waals surface area (Å²) in [4.78, 5) is 9.32. The van der Waals surface area contributed by atoms with E-state index in [1.807, 2.05) is 6.07 Å². The van der Waals surface area contributed by atoms with Gasteiger partial charge in [0, 0.05) is 53.1 Å². The van der Waals surface area contributed by atoms with Crippen molar-refractivity contribution in [3.63, 3.8) is 0 Å².